The molecule has 1 aliphatic heterocycles. The fourth-order valence-electron chi connectivity index (χ4n) is 4.02. The number of hydrogen-bond donors (Lipinski definition) is 1. The molecule has 6 nitrogen and oxygen atoms in total. The molecular weight excluding hydrogens is 450 g/mol. The topological polar surface area (TPSA) is 60.4 Å². The first kappa shape index (κ1) is 26.2. The van der Waals surface area contributed by atoms with Crippen LogP contribution in [0.4, 0.5) is 0 Å². The fraction of sp³-hybridized carbons (Fsp3) is 0.481. The summed E-state index contributed by atoms with van der Waals surface area (Å²) >= 11 is 1.59. The molecule has 1 aliphatic rings. The Morgan fingerprint density at radius 3 is 2.53 bits per heavy atom. The van der Waals surface area contributed by atoms with Gasteiger partial charge in [0.05, 0.1) is 20.3 Å². The number of aliphatic hydroxyl groups is 1. The predicted molar refractivity (Wildman–Crippen MR) is 137 cm³/mol. The van der Waals surface area contributed by atoms with Gasteiger partial charge in [-0.3, -0.25) is 0 Å². The van der Waals surface area contributed by atoms with Crippen LogP contribution in [0.25, 0.3) is 0 Å². The van der Waals surface area contributed by atoms with Gasteiger partial charge in [0, 0.05) is 37.9 Å². The van der Waals surface area contributed by atoms with E-state index in [1.54, 1.807) is 40.0 Å². The average Bonchev–Trinajstić information content (AvgIpc) is 2.85. The number of methoxy groups -OCH3 is 3. The van der Waals surface area contributed by atoms with Crippen molar-refractivity contribution in [2.75, 3.05) is 40.7 Å². The van der Waals surface area contributed by atoms with E-state index in [1.807, 2.05) is 30.3 Å². The van der Waals surface area contributed by atoms with Crippen molar-refractivity contribution < 1.29 is 24.1 Å². The second kappa shape index (κ2) is 12.4. The second-order valence-electron chi connectivity index (χ2n) is 8.36. The molecule has 0 spiro atoms. The number of thioether (sulfide) groups is 1. The molecule has 0 radical (unpaired) electrons. The minimum absolute atomic E-state index is 0.315. The maximum absolute atomic E-state index is 10.8. The maximum Gasteiger partial charge on any atom is 0.177 e. The molecule has 1 saturated heterocycles. The summed E-state index contributed by atoms with van der Waals surface area (Å²) in [6.07, 6.45) is 0.325. The molecule has 3 unspecified atom stereocenters. The van der Waals surface area contributed by atoms with Crippen molar-refractivity contribution in [3.8, 4) is 29.1 Å². The summed E-state index contributed by atoms with van der Waals surface area (Å²) in [7, 11) is 7.03. The zero-order chi connectivity index (χ0) is 24.6. The van der Waals surface area contributed by atoms with Crippen LogP contribution in [-0.2, 0) is 17.7 Å². The lowest BCUT2D eigenvalue weighted by atomic mass is 10.1. The Bertz CT molecular complexity index is 1000. The van der Waals surface area contributed by atoms with Crippen molar-refractivity contribution in [1.82, 2.24) is 4.90 Å². The molecule has 0 aliphatic carbocycles. The van der Waals surface area contributed by atoms with Crippen LogP contribution in [0.2, 0.25) is 0 Å². The summed E-state index contributed by atoms with van der Waals surface area (Å²) in [6.45, 7) is 3.40. The van der Waals surface area contributed by atoms with Gasteiger partial charge in [-0.1, -0.05) is 30.2 Å². The summed E-state index contributed by atoms with van der Waals surface area (Å²) in [5, 5.41) is 10.8. The summed E-state index contributed by atoms with van der Waals surface area (Å²) in [6, 6.07) is 14.1. The summed E-state index contributed by atoms with van der Waals surface area (Å²) in [5.74, 6) is 8.89. The van der Waals surface area contributed by atoms with Crippen molar-refractivity contribution in [3.63, 3.8) is 0 Å². The van der Waals surface area contributed by atoms with E-state index in [0.29, 0.717) is 12.2 Å². The van der Waals surface area contributed by atoms with E-state index < -0.39 is 11.0 Å². The van der Waals surface area contributed by atoms with E-state index >= 15 is 0 Å². The van der Waals surface area contributed by atoms with Crippen LogP contribution in [0.3, 0.4) is 0 Å². The molecule has 3 atom stereocenters. The molecule has 0 bridgehead atoms. The number of nitrogens with zero attached hydrogens (tertiary/aromatic N) is 1. The highest BCUT2D eigenvalue weighted by atomic mass is 32.2. The van der Waals surface area contributed by atoms with Crippen LogP contribution in [0.15, 0.2) is 42.5 Å². The van der Waals surface area contributed by atoms with Gasteiger partial charge in [0.2, 0.25) is 0 Å². The van der Waals surface area contributed by atoms with Crippen LogP contribution in [0.1, 0.15) is 24.5 Å². The molecule has 1 heterocycles. The maximum atomic E-state index is 10.8. The van der Waals surface area contributed by atoms with E-state index in [4.69, 9.17) is 18.9 Å². The largest absolute Gasteiger partial charge is 0.493 e. The van der Waals surface area contributed by atoms with Gasteiger partial charge in [0.1, 0.15) is 11.9 Å². The van der Waals surface area contributed by atoms with Gasteiger partial charge in [-0.05, 0) is 44.2 Å². The third kappa shape index (κ3) is 6.61. The predicted octanol–water partition coefficient (Wildman–Crippen LogP) is 3.99. The summed E-state index contributed by atoms with van der Waals surface area (Å²) in [5.41, 5.74) is 2.28. The standard InChI is InChI=1S/C27H35NO5S/c1-6-14-27(32-5)17-22(29)26(19-34-27)33-23-10-8-7-9-21(23)18-28(2)15-13-20-11-12-24(30-3)25(16-20)31-4/h7-12,16,22,26,29H,13,15,17-19H2,1-5H3. The van der Waals surface area contributed by atoms with Crippen molar-refractivity contribution in [1.29, 1.82) is 0 Å². The Hall–Kier alpha value is -2.37. The average molecular weight is 486 g/mol. The number of hydrogen-bond acceptors (Lipinski definition) is 7. The highest BCUT2D eigenvalue weighted by molar-refractivity contribution is 8.00. The lowest BCUT2D eigenvalue weighted by Gasteiger charge is -2.38. The van der Waals surface area contributed by atoms with Crippen LogP contribution in [0, 0.1) is 11.8 Å². The fourth-order valence-corrected chi connectivity index (χ4v) is 5.32. The van der Waals surface area contributed by atoms with Crippen LogP contribution >= 0.6 is 11.8 Å². The number of rotatable bonds is 10. The van der Waals surface area contributed by atoms with Crippen LogP contribution < -0.4 is 14.2 Å². The van der Waals surface area contributed by atoms with E-state index in [2.05, 4.69) is 35.9 Å². The van der Waals surface area contributed by atoms with E-state index in [9.17, 15) is 5.11 Å². The summed E-state index contributed by atoms with van der Waals surface area (Å²) < 4.78 is 22.7. The van der Waals surface area contributed by atoms with Crippen molar-refractivity contribution in [3.05, 3.63) is 53.6 Å². The Morgan fingerprint density at radius 1 is 1.09 bits per heavy atom. The third-order valence-electron chi connectivity index (χ3n) is 5.95. The lowest BCUT2D eigenvalue weighted by Crippen LogP contribution is -2.46. The highest BCUT2D eigenvalue weighted by Crippen LogP contribution is 2.38. The minimum atomic E-state index is -0.669. The molecule has 2 aromatic rings. The van der Waals surface area contributed by atoms with Gasteiger partial charge in [-0.2, -0.15) is 0 Å². The zero-order valence-corrected chi connectivity index (χ0v) is 21.5. The van der Waals surface area contributed by atoms with Gasteiger partial charge in [-0.25, -0.2) is 0 Å². The molecule has 3 rings (SSSR count). The normalized spacial score (nSPS) is 22.1. The quantitative estimate of drug-likeness (QED) is 0.511. The Kier molecular flexibility index (Phi) is 9.54. The number of ether oxygens (including phenoxy) is 4. The van der Waals surface area contributed by atoms with Gasteiger partial charge in [0.15, 0.2) is 16.4 Å². The monoisotopic (exact) mass is 485 g/mol. The van der Waals surface area contributed by atoms with Gasteiger partial charge < -0.3 is 29.0 Å². The molecule has 0 aromatic heterocycles. The van der Waals surface area contributed by atoms with Crippen LogP contribution in [0.5, 0.6) is 17.2 Å². The number of para-hydroxylation sites is 1. The minimum Gasteiger partial charge on any atom is -0.493 e. The molecule has 0 amide bonds. The summed E-state index contributed by atoms with van der Waals surface area (Å²) in [4.78, 5) is 1.59. The molecule has 7 heteroatoms. The van der Waals surface area contributed by atoms with E-state index in [-0.39, 0.29) is 6.10 Å². The van der Waals surface area contributed by atoms with Gasteiger partial charge >= 0.3 is 0 Å². The second-order valence-corrected chi connectivity index (χ2v) is 9.64. The Labute approximate surface area is 207 Å². The van der Waals surface area contributed by atoms with Crippen LogP contribution in [-0.4, -0.2) is 67.8 Å². The smallest absolute Gasteiger partial charge is 0.177 e. The first-order chi connectivity index (χ1) is 16.4. The van der Waals surface area contributed by atoms with Gasteiger partial charge in [-0.15, -0.1) is 17.7 Å². The van der Waals surface area contributed by atoms with Crippen molar-refractivity contribution in [2.45, 2.75) is 43.5 Å². The Morgan fingerprint density at radius 2 is 1.85 bits per heavy atom. The number of likely N-dealkylation sites (N-methyl/N-ethyl adjacent to an activating group) is 1. The SMILES string of the molecule is CC#CC1(OC)CC(O)C(Oc2ccccc2CN(C)CCc2ccc(OC)c(OC)c2)CS1. The molecule has 2 aromatic carbocycles. The molecule has 1 N–H and O–H groups in total. The highest BCUT2D eigenvalue weighted by Gasteiger charge is 2.41. The first-order valence-corrected chi connectivity index (χ1v) is 12.4. The lowest BCUT2D eigenvalue weighted by molar-refractivity contribution is -0.00770. The number of aliphatic hydroxyl groups excluding tert-OH is 1. The molecule has 34 heavy (non-hydrogen) atoms. The van der Waals surface area contributed by atoms with Gasteiger partial charge in [0.25, 0.3) is 0 Å². The van der Waals surface area contributed by atoms with E-state index in [0.717, 1.165) is 42.3 Å². The Balaban J connectivity index is 1.60. The number of benzene rings is 2. The van der Waals surface area contributed by atoms with E-state index in [1.165, 1.54) is 5.56 Å². The molecule has 1 fully saturated rings. The van der Waals surface area contributed by atoms with Crippen molar-refractivity contribution in [2.24, 2.45) is 0 Å². The first-order valence-electron chi connectivity index (χ1n) is 11.4. The zero-order valence-electron chi connectivity index (χ0n) is 20.7. The van der Waals surface area contributed by atoms with Crippen molar-refractivity contribution >= 4 is 11.8 Å². The third-order valence-corrected chi connectivity index (χ3v) is 7.35. The molecular formula is C27H35NO5S. The molecule has 184 valence electrons. The molecule has 0 saturated carbocycles.